The van der Waals surface area contributed by atoms with Crippen molar-refractivity contribution in [1.82, 2.24) is 9.97 Å². The predicted molar refractivity (Wildman–Crippen MR) is 72.0 cm³/mol. The molecule has 1 heterocycles. The van der Waals surface area contributed by atoms with Gasteiger partial charge < -0.3 is 5.32 Å². The van der Waals surface area contributed by atoms with Gasteiger partial charge in [0.2, 0.25) is 0 Å². The van der Waals surface area contributed by atoms with Gasteiger partial charge in [-0.3, -0.25) is 10.1 Å². The van der Waals surface area contributed by atoms with E-state index < -0.39 is 4.92 Å². The van der Waals surface area contributed by atoms with E-state index >= 15 is 0 Å². The van der Waals surface area contributed by atoms with E-state index in [4.69, 9.17) is 0 Å². The van der Waals surface area contributed by atoms with Crippen LogP contribution in [-0.4, -0.2) is 20.9 Å². The van der Waals surface area contributed by atoms with Crippen LogP contribution in [0.1, 0.15) is 19.8 Å². The van der Waals surface area contributed by atoms with Crippen LogP contribution in [-0.2, 0) is 0 Å². The second-order valence-corrected chi connectivity index (χ2v) is 4.95. The highest BCUT2D eigenvalue weighted by Crippen LogP contribution is 2.34. The average Bonchev–Trinajstić information content (AvgIpc) is 3.22. The fourth-order valence-corrected chi connectivity index (χ4v) is 2.20. The van der Waals surface area contributed by atoms with Crippen LogP contribution in [0.3, 0.4) is 0 Å². The molecule has 0 radical (unpaired) electrons. The number of hydrogen-bond acceptors (Lipinski definition) is 5. The van der Waals surface area contributed by atoms with Crippen LogP contribution in [0.25, 0.3) is 10.9 Å². The van der Waals surface area contributed by atoms with Crippen molar-refractivity contribution in [2.75, 3.05) is 5.32 Å². The molecule has 1 fully saturated rings. The van der Waals surface area contributed by atoms with E-state index in [-0.39, 0.29) is 5.69 Å². The molecule has 19 heavy (non-hydrogen) atoms. The molecule has 3 rings (SSSR count). The van der Waals surface area contributed by atoms with Gasteiger partial charge in [0, 0.05) is 23.6 Å². The second-order valence-electron chi connectivity index (χ2n) is 4.95. The van der Waals surface area contributed by atoms with E-state index in [0.29, 0.717) is 28.7 Å². The zero-order valence-corrected chi connectivity index (χ0v) is 10.5. The summed E-state index contributed by atoms with van der Waals surface area (Å²) >= 11 is 0. The zero-order chi connectivity index (χ0) is 13.4. The Balaban J connectivity index is 2.01. The number of rotatable bonds is 4. The summed E-state index contributed by atoms with van der Waals surface area (Å²) in [5.74, 6) is 1.36. The first-order valence-corrected chi connectivity index (χ1v) is 6.31. The Hall–Kier alpha value is -2.24. The van der Waals surface area contributed by atoms with Crippen LogP contribution >= 0.6 is 0 Å². The molecular weight excluding hydrogens is 244 g/mol. The van der Waals surface area contributed by atoms with Crippen molar-refractivity contribution >= 4 is 22.4 Å². The van der Waals surface area contributed by atoms with E-state index in [2.05, 4.69) is 22.2 Å². The zero-order valence-electron chi connectivity index (χ0n) is 10.5. The maximum Gasteiger partial charge on any atom is 0.270 e. The molecule has 98 valence electrons. The minimum Gasteiger partial charge on any atom is -0.367 e. The first-order valence-electron chi connectivity index (χ1n) is 6.31. The molecule has 2 aromatic rings. The van der Waals surface area contributed by atoms with Gasteiger partial charge in [-0.15, -0.1) is 0 Å². The Morgan fingerprint density at radius 1 is 1.42 bits per heavy atom. The van der Waals surface area contributed by atoms with E-state index in [0.717, 1.165) is 0 Å². The largest absolute Gasteiger partial charge is 0.367 e. The molecule has 1 aromatic carbocycles. The van der Waals surface area contributed by atoms with Crippen molar-refractivity contribution in [3.8, 4) is 0 Å². The molecule has 1 aliphatic rings. The van der Waals surface area contributed by atoms with Gasteiger partial charge in [0.15, 0.2) is 0 Å². The van der Waals surface area contributed by atoms with Gasteiger partial charge in [-0.2, -0.15) is 0 Å². The number of nitrogens with one attached hydrogen (secondary N) is 1. The third-order valence-corrected chi connectivity index (χ3v) is 3.52. The van der Waals surface area contributed by atoms with Gasteiger partial charge in [-0.25, -0.2) is 9.97 Å². The number of hydrogen-bond donors (Lipinski definition) is 1. The van der Waals surface area contributed by atoms with Gasteiger partial charge in [0.25, 0.3) is 5.69 Å². The SMILES string of the molecule is CC(Nc1ncnc2ccc([N+](=O)[O-])cc12)C1CC1. The monoisotopic (exact) mass is 258 g/mol. The average molecular weight is 258 g/mol. The number of benzene rings is 1. The van der Waals surface area contributed by atoms with Crippen molar-refractivity contribution in [2.45, 2.75) is 25.8 Å². The standard InChI is InChI=1S/C13H14N4O2/c1-8(9-2-3-9)16-13-11-6-10(17(18)19)4-5-12(11)14-7-15-13/h4-9H,2-3H2,1H3,(H,14,15,16). The molecule has 0 aliphatic heterocycles. The molecule has 0 spiro atoms. The summed E-state index contributed by atoms with van der Waals surface area (Å²) in [5.41, 5.74) is 0.774. The summed E-state index contributed by atoms with van der Waals surface area (Å²) in [5, 5.41) is 14.9. The Morgan fingerprint density at radius 2 is 2.21 bits per heavy atom. The second kappa shape index (κ2) is 4.46. The third kappa shape index (κ3) is 2.33. The van der Waals surface area contributed by atoms with Crippen molar-refractivity contribution in [1.29, 1.82) is 0 Å². The van der Waals surface area contributed by atoms with Crippen LogP contribution < -0.4 is 5.32 Å². The summed E-state index contributed by atoms with van der Waals surface area (Å²) in [4.78, 5) is 18.8. The maximum absolute atomic E-state index is 10.8. The number of non-ortho nitro benzene ring substituents is 1. The number of nitro groups is 1. The summed E-state index contributed by atoms with van der Waals surface area (Å²) in [6.07, 6.45) is 3.95. The molecule has 1 atom stereocenters. The Bertz CT molecular complexity index is 640. The van der Waals surface area contributed by atoms with E-state index in [1.54, 1.807) is 6.07 Å². The number of aromatic nitrogens is 2. The number of nitrogens with zero attached hydrogens (tertiary/aromatic N) is 3. The van der Waals surface area contributed by atoms with Gasteiger partial charge in [0.05, 0.1) is 10.4 Å². The highest BCUT2D eigenvalue weighted by atomic mass is 16.6. The minimum atomic E-state index is -0.402. The number of anilines is 1. The van der Waals surface area contributed by atoms with Crippen molar-refractivity contribution in [3.05, 3.63) is 34.6 Å². The van der Waals surface area contributed by atoms with E-state index in [1.807, 2.05) is 0 Å². The lowest BCUT2D eigenvalue weighted by Gasteiger charge is -2.14. The lowest BCUT2D eigenvalue weighted by molar-refractivity contribution is -0.384. The first-order chi connectivity index (χ1) is 9.15. The van der Waals surface area contributed by atoms with Crippen LogP contribution in [0.2, 0.25) is 0 Å². The highest BCUT2D eigenvalue weighted by molar-refractivity contribution is 5.90. The molecule has 1 N–H and O–H groups in total. The summed E-state index contributed by atoms with van der Waals surface area (Å²) in [6, 6.07) is 4.97. The maximum atomic E-state index is 10.8. The van der Waals surface area contributed by atoms with Crippen LogP contribution in [0, 0.1) is 16.0 Å². The normalized spacial score (nSPS) is 16.3. The Kier molecular flexibility index (Phi) is 2.77. The molecule has 0 amide bonds. The molecule has 0 saturated heterocycles. The summed E-state index contributed by atoms with van der Waals surface area (Å²) < 4.78 is 0. The van der Waals surface area contributed by atoms with Crippen molar-refractivity contribution in [3.63, 3.8) is 0 Å². The van der Waals surface area contributed by atoms with Crippen LogP contribution in [0.4, 0.5) is 11.5 Å². The van der Waals surface area contributed by atoms with Crippen molar-refractivity contribution < 1.29 is 4.92 Å². The lowest BCUT2D eigenvalue weighted by Crippen LogP contribution is -2.18. The predicted octanol–water partition coefficient (Wildman–Crippen LogP) is 2.75. The topological polar surface area (TPSA) is 81.0 Å². The van der Waals surface area contributed by atoms with E-state index in [9.17, 15) is 10.1 Å². The molecule has 0 bridgehead atoms. The molecule has 1 aromatic heterocycles. The highest BCUT2D eigenvalue weighted by Gasteiger charge is 2.28. The fourth-order valence-electron chi connectivity index (χ4n) is 2.20. The molecule has 6 heteroatoms. The smallest absolute Gasteiger partial charge is 0.270 e. The fraction of sp³-hybridized carbons (Fsp3) is 0.385. The third-order valence-electron chi connectivity index (χ3n) is 3.52. The van der Waals surface area contributed by atoms with Crippen LogP contribution in [0.5, 0.6) is 0 Å². The van der Waals surface area contributed by atoms with Gasteiger partial charge >= 0.3 is 0 Å². The van der Waals surface area contributed by atoms with Gasteiger partial charge in [-0.05, 0) is 31.7 Å². The molecule has 1 aliphatic carbocycles. The first kappa shape index (κ1) is 11.8. The molecular formula is C13H14N4O2. The molecule has 6 nitrogen and oxygen atoms in total. The van der Waals surface area contributed by atoms with Gasteiger partial charge in [0.1, 0.15) is 12.1 Å². The molecule has 1 unspecified atom stereocenters. The Morgan fingerprint density at radius 3 is 2.89 bits per heavy atom. The summed E-state index contributed by atoms with van der Waals surface area (Å²) in [7, 11) is 0. The number of fused-ring (bicyclic) bond motifs is 1. The summed E-state index contributed by atoms with van der Waals surface area (Å²) in [6.45, 7) is 2.11. The lowest BCUT2D eigenvalue weighted by atomic mass is 10.2. The van der Waals surface area contributed by atoms with Crippen molar-refractivity contribution in [2.24, 2.45) is 5.92 Å². The van der Waals surface area contributed by atoms with Crippen LogP contribution in [0.15, 0.2) is 24.5 Å². The number of nitro benzene ring substituents is 1. The van der Waals surface area contributed by atoms with Gasteiger partial charge in [-0.1, -0.05) is 0 Å². The quantitative estimate of drug-likeness (QED) is 0.673. The molecule has 1 saturated carbocycles. The Labute approximate surface area is 110 Å². The van der Waals surface area contributed by atoms with E-state index in [1.165, 1.54) is 31.3 Å². The minimum absolute atomic E-state index is 0.0597.